The van der Waals surface area contributed by atoms with Gasteiger partial charge in [0.25, 0.3) is 0 Å². The molecular formula is C19H19N3O3S2. The van der Waals surface area contributed by atoms with Crippen molar-refractivity contribution in [2.45, 2.75) is 24.7 Å². The lowest BCUT2D eigenvalue weighted by Crippen LogP contribution is -2.17. The largest absolute Gasteiger partial charge is 0.301 e. The first-order chi connectivity index (χ1) is 12.9. The van der Waals surface area contributed by atoms with Crippen LogP contribution in [0.5, 0.6) is 0 Å². The van der Waals surface area contributed by atoms with Crippen molar-refractivity contribution in [2.24, 2.45) is 0 Å². The number of nitrogens with one attached hydrogen (secondary N) is 1. The number of sulfone groups is 1. The van der Waals surface area contributed by atoms with E-state index in [4.69, 9.17) is 0 Å². The van der Waals surface area contributed by atoms with E-state index in [1.54, 1.807) is 24.3 Å². The highest BCUT2D eigenvalue weighted by Crippen LogP contribution is 2.19. The van der Waals surface area contributed by atoms with Crippen molar-refractivity contribution in [3.8, 4) is 0 Å². The molecule has 0 radical (unpaired) electrons. The topological polar surface area (TPSA) is 89.0 Å². The first kappa shape index (κ1) is 19.2. The summed E-state index contributed by atoms with van der Waals surface area (Å²) in [6.07, 6.45) is 0.500. The number of rotatable bonds is 7. The zero-order valence-electron chi connectivity index (χ0n) is 14.8. The second-order valence-electron chi connectivity index (χ2n) is 6.09. The number of aryl methyl sites for hydroxylation is 1. The molecule has 0 spiro atoms. The van der Waals surface area contributed by atoms with E-state index >= 15 is 0 Å². The molecule has 1 amide bonds. The monoisotopic (exact) mass is 401 g/mol. The van der Waals surface area contributed by atoms with Crippen LogP contribution in [-0.4, -0.2) is 30.3 Å². The van der Waals surface area contributed by atoms with Crippen molar-refractivity contribution in [2.75, 3.05) is 11.1 Å². The maximum Gasteiger partial charge on any atom is 0.227 e. The Morgan fingerprint density at radius 3 is 2.44 bits per heavy atom. The highest BCUT2D eigenvalue weighted by molar-refractivity contribution is 7.91. The minimum atomic E-state index is -3.49. The molecule has 2 aromatic carbocycles. The molecule has 3 aromatic rings. The highest BCUT2D eigenvalue weighted by Gasteiger charge is 2.17. The van der Waals surface area contributed by atoms with Crippen LogP contribution < -0.4 is 5.32 Å². The van der Waals surface area contributed by atoms with E-state index in [2.05, 4.69) is 15.5 Å². The van der Waals surface area contributed by atoms with Gasteiger partial charge in [-0.2, -0.15) is 0 Å². The van der Waals surface area contributed by atoms with Gasteiger partial charge in [-0.25, -0.2) is 8.42 Å². The Morgan fingerprint density at radius 1 is 1.04 bits per heavy atom. The molecule has 0 saturated heterocycles. The summed E-state index contributed by atoms with van der Waals surface area (Å²) in [5.41, 5.74) is 2.09. The van der Waals surface area contributed by atoms with Crippen molar-refractivity contribution in [1.82, 2.24) is 10.2 Å². The quantitative estimate of drug-likeness (QED) is 0.656. The van der Waals surface area contributed by atoms with E-state index in [9.17, 15) is 13.2 Å². The van der Waals surface area contributed by atoms with Crippen molar-refractivity contribution in [3.05, 3.63) is 70.7 Å². The molecule has 6 nitrogen and oxygen atoms in total. The zero-order chi connectivity index (χ0) is 19.3. The van der Waals surface area contributed by atoms with Gasteiger partial charge >= 0.3 is 0 Å². The molecule has 0 bridgehead atoms. The Bertz CT molecular complexity index is 1010. The van der Waals surface area contributed by atoms with E-state index < -0.39 is 15.7 Å². The number of anilines is 1. The molecule has 1 N–H and O–H groups in total. The number of benzene rings is 2. The normalized spacial score (nSPS) is 11.3. The van der Waals surface area contributed by atoms with Crippen LogP contribution in [0.2, 0.25) is 0 Å². The molecular weight excluding hydrogens is 382 g/mol. The summed E-state index contributed by atoms with van der Waals surface area (Å²) in [6, 6.07) is 16.4. The van der Waals surface area contributed by atoms with E-state index in [1.165, 1.54) is 11.3 Å². The lowest BCUT2D eigenvalue weighted by molar-refractivity contribution is -0.115. The molecule has 1 heterocycles. The smallest absolute Gasteiger partial charge is 0.227 e. The highest BCUT2D eigenvalue weighted by atomic mass is 32.2. The van der Waals surface area contributed by atoms with Crippen molar-refractivity contribution < 1.29 is 13.2 Å². The van der Waals surface area contributed by atoms with Gasteiger partial charge in [-0.1, -0.05) is 59.4 Å². The Hall–Kier alpha value is -2.58. The second kappa shape index (κ2) is 8.41. The minimum absolute atomic E-state index is 0.135. The summed E-state index contributed by atoms with van der Waals surface area (Å²) in [5, 5.41) is 11.8. The van der Waals surface area contributed by atoms with Crippen LogP contribution in [0.15, 0.2) is 59.5 Å². The van der Waals surface area contributed by atoms with Crippen LogP contribution in [0.1, 0.15) is 22.6 Å². The Labute approximate surface area is 162 Å². The molecule has 0 saturated carbocycles. The minimum Gasteiger partial charge on any atom is -0.301 e. The number of amides is 1. The number of aromatic nitrogens is 2. The molecule has 0 atom stereocenters. The fourth-order valence-corrected chi connectivity index (χ4v) is 4.45. The SMILES string of the molecule is Cc1ccc(S(=O)(=O)CCC(=O)Nc2nnc(Cc3ccccc3)s2)cc1. The summed E-state index contributed by atoms with van der Waals surface area (Å²) in [4.78, 5) is 12.3. The van der Waals surface area contributed by atoms with Gasteiger partial charge in [-0.05, 0) is 24.6 Å². The van der Waals surface area contributed by atoms with Gasteiger partial charge in [0.2, 0.25) is 11.0 Å². The maximum atomic E-state index is 12.3. The van der Waals surface area contributed by atoms with Crippen LogP contribution in [0.25, 0.3) is 0 Å². The number of hydrogen-bond donors (Lipinski definition) is 1. The predicted octanol–water partition coefficient (Wildman–Crippen LogP) is 3.24. The van der Waals surface area contributed by atoms with Crippen molar-refractivity contribution in [3.63, 3.8) is 0 Å². The third-order valence-corrected chi connectivity index (χ3v) is 6.46. The summed E-state index contributed by atoms with van der Waals surface area (Å²) < 4.78 is 24.6. The fourth-order valence-electron chi connectivity index (χ4n) is 2.42. The van der Waals surface area contributed by atoms with Gasteiger partial charge < -0.3 is 5.32 Å². The van der Waals surface area contributed by atoms with Crippen LogP contribution in [0.4, 0.5) is 5.13 Å². The summed E-state index contributed by atoms with van der Waals surface area (Å²) in [7, 11) is -3.49. The van der Waals surface area contributed by atoms with Gasteiger partial charge in [0.1, 0.15) is 5.01 Å². The first-order valence-electron chi connectivity index (χ1n) is 8.38. The second-order valence-corrected chi connectivity index (χ2v) is 9.26. The van der Waals surface area contributed by atoms with Crippen LogP contribution in [0.3, 0.4) is 0 Å². The Balaban J connectivity index is 1.54. The van der Waals surface area contributed by atoms with Gasteiger partial charge in [0.15, 0.2) is 9.84 Å². The average molecular weight is 402 g/mol. The van der Waals surface area contributed by atoms with Gasteiger partial charge in [0, 0.05) is 12.8 Å². The standard InChI is InChI=1S/C19H19N3O3S2/c1-14-7-9-16(10-8-14)27(24,25)12-11-17(23)20-19-22-21-18(26-19)13-15-5-3-2-4-6-15/h2-10H,11-13H2,1H3,(H,20,22,23). The van der Waals surface area contributed by atoms with Crippen LogP contribution >= 0.6 is 11.3 Å². The van der Waals surface area contributed by atoms with E-state index in [1.807, 2.05) is 37.3 Å². The van der Waals surface area contributed by atoms with E-state index in [0.717, 1.165) is 16.1 Å². The van der Waals surface area contributed by atoms with Gasteiger partial charge in [-0.15, -0.1) is 10.2 Å². The number of hydrogen-bond acceptors (Lipinski definition) is 6. The average Bonchev–Trinajstić information content (AvgIpc) is 3.08. The molecule has 27 heavy (non-hydrogen) atoms. The van der Waals surface area contributed by atoms with Gasteiger partial charge in [-0.3, -0.25) is 4.79 Å². The molecule has 140 valence electrons. The van der Waals surface area contributed by atoms with E-state index in [0.29, 0.717) is 11.6 Å². The van der Waals surface area contributed by atoms with Crippen LogP contribution in [0, 0.1) is 6.92 Å². The third kappa shape index (κ3) is 5.45. The summed E-state index contributed by atoms with van der Waals surface area (Å²) >= 11 is 1.28. The molecule has 0 unspecified atom stereocenters. The van der Waals surface area contributed by atoms with Crippen LogP contribution in [-0.2, 0) is 21.1 Å². The molecule has 0 aliphatic rings. The number of carbonyl (C=O) groups is 1. The number of nitrogens with zero attached hydrogens (tertiary/aromatic N) is 2. The number of carbonyl (C=O) groups excluding carboxylic acids is 1. The lowest BCUT2D eigenvalue weighted by atomic mass is 10.2. The summed E-state index contributed by atoms with van der Waals surface area (Å²) in [5.74, 6) is -0.648. The summed E-state index contributed by atoms with van der Waals surface area (Å²) in [6.45, 7) is 1.89. The van der Waals surface area contributed by atoms with Crippen molar-refractivity contribution in [1.29, 1.82) is 0 Å². The molecule has 3 rings (SSSR count). The molecule has 8 heteroatoms. The third-order valence-electron chi connectivity index (χ3n) is 3.89. The molecule has 0 aliphatic carbocycles. The molecule has 0 aliphatic heterocycles. The first-order valence-corrected chi connectivity index (χ1v) is 10.8. The molecule has 1 aromatic heterocycles. The van der Waals surface area contributed by atoms with E-state index in [-0.39, 0.29) is 17.1 Å². The Kier molecular flexibility index (Phi) is 5.98. The Morgan fingerprint density at radius 2 is 1.74 bits per heavy atom. The van der Waals surface area contributed by atoms with Crippen molar-refractivity contribution >= 4 is 32.2 Å². The van der Waals surface area contributed by atoms with Gasteiger partial charge in [0.05, 0.1) is 10.6 Å². The fraction of sp³-hybridized carbons (Fsp3) is 0.211. The predicted molar refractivity (Wildman–Crippen MR) is 106 cm³/mol. The lowest BCUT2D eigenvalue weighted by Gasteiger charge is -2.05. The maximum absolute atomic E-state index is 12.3. The molecule has 0 fully saturated rings. The zero-order valence-corrected chi connectivity index (χ0v) is 16.4.